The molecule has 1 saturated heterocycles. The van der Waals surface area contributed by atoms with Gasteiger partial charge in [-0.25, -0.2) is 0 Å². The first kappa shape index (κ1) is 19.4. The van der Waals surface area contributed by atoms with E-state index in [1.807, 2.05) is 13.1 Å². The smallest absolute Gasteiger partial charge is 0.191 e. The van der Waals surface area contributed by atoms with Gasteiger partial charge in [-0.05, 0) is 18.4 Å². The maximum absolute atomic E-state index is 5.41. The minimum atomic E-state index is 0.354. The number of hydrogen-bond acceptors (Lipinski definition) is 4. The quantitative estimate of drug-likeness (QED) is 0.583. The maximum Gasteiger partial charge on any atom is 0.191 e. The standard InChI is InChI=1S/C23H30N4O2/c1-24-23(26-22-14-21(22)16-7-5-4-6-8-16)25-17-9-10-27(15-17)18-11-19(28-2)13-20(12-18)29-3/h4-8,11-13,17,21-22H,9-10,14-15H2,1-3H3,(H2,24,25,26). The Morgan fingerprint density at radius 3 is 2.41 bits per heavy atom. The van der Waals surface area contributed by atoms with Crippen molar-refractivity contribution in [3.8, 4) is 11.5 Å². The molecule has 1 aliphatic carbocycles. The van der Waals surface area contributed by atoms with E-state index < -0.39 is 0 Å². The summed E-state index contributed by atoms with van der Waals surface area (Å²) in [5.41, 5.74) is 2.53. The lowest BCUT2D eigenvalue weighted by molar-refractivity contribution is 0.394. The topological polar surface area (TPSA) is 58.1 Å². The molecule has 4 rings (SSSR count). The van der Waals surface area contributed by atoms with Crippen LogP contribution in [0.15, 0.2) is 53.5 Å². The Balaban J connectivity index is 1.32. The fourth-order valence-electron chi connectivity index (χ4n) is 4.05. The Bertz CT molecular complexity index is 833. The minimum absolute atomic E-state index is 0.354. The summed E-state index contributed by atoms with van der Waals surface area (Å²) in [6.07, 6.45) is 2.22. The van der Waals surface area contributed by atoms with Crippen LogP contribution in [0.5, 0.6) is 11.5 Å². The number of nitrogens with one attached hydrogen (secondary N) is 2. The van der Waals surface area contributed by atoms with Crippen LogP contribution in [0, 0.1) is 0 Å². The molecule has 2 fully saturated rings. The number of aliphatic imine (C=N–C) groups is 1. The van der Waals surface area contributed by atoms with Crippen LogP contribution < -0.4 is 25.0 Å². The first-order valence-electron chi connectivity index (χ1n) is 10.2. The molecule has 0 bridgehead atoms. The van der Waals surface area contributed by atoms with E-state index in [9.17, 15) is 0 Å². The largest absolute Gasteiger partial charge is 0.497 e. The first-order chi connectivity index (χ1) is 14.2. The number of ether oxygens (including phenoxy) is 2. The Kier molecular flexibility index (Phi) is 5.79. The van der Waals surface area contributed by atoms with E-state index in [0.717, 1.165) is 49.1 Å². The summed E-state index contributed by atoms with van der Waals surface area (Å²) in [4.78, 5) is 6.81. The van der Waals surface area contributed by atoms with Gasteiger partial charge in [0.25, 0.3) is 0 Å². The zero-order valence-electron chi connectivity index (χ0n) is 17.4. The number of methoxy groups -OCH3 is 2. The number of hydrogen-bond donors (Lipinski definition) is 2. The van der Waals surface area contributed by atoms with Gasteiger partial charge in [-0.2, -0.15) is 0 Å². The summed E-state index contributed by atoms with van der Waals surface area (Å²) in [5.74, 6) is 3.10. The van der Waals surface area contributed by atoms with Crippen molar-refractivity contribution in [2.75, 3.05) is 39.3 Å². The summed E-state index contributed by atoms with van der Waals surface area (Å²) in [5, 5.41) is 7.19. The second-order valence-electron chi connectivity index (χ2n) is 7.72. The predicted molar refractivity (Wildman–Crippen MR) is 117 cm³/mol. The molecule has 2 N–H and O–H groups in total. The summed E-state index contributed by atoms with van der Waals surface area (Å²) in [6.45, 7) is 1.91. The van der Waals surface area contributed by atoms with Crippen LogP contribution in [0.1, 0.15) is 24.3 Å². The fourth-order valence-corrected chi connectivity index (χ4v) is 4.05. The molecule has 6 heteroatoms. The van der Waals surface area contributed by atoms with Gasteiger partial charge in [0.05, 0.1) is 14.2 Å². The van der Waals surface area contributed by atoms with E-state index in [1.54, 1.807) is 14.2 Å². The first-order valence-corrected chi connectivity index (χ1v) is 10.2. The van der Waals surface area contributed by atoms with Crippen molar-refractivity contribution in [2.24, 2.45) is 4.99 Å². The SMILES string of the molecule is CN=C(NC1CCN(c2cc(OC)cc(OC)c2)C1)NC1CC1c1ccccc1. The molecule has 0 radical (unpaired) electrons. The molecule has 154 valence electrons. The maximum atomic E-state index is 5.41. The van der Waals surface area contributed by atoms with Crippen LogP contribution in [0.2, 0.25) is 0 Å². The lowest BCUT2D eigenvalue weighted by Gasteiger charge is -2.21. The molecule has 1 heterocycles. The molecule has 2 aliphatic rings. The number of guanidine groups is 1. The van der Waals surface area contributed by atoms with Gasteiger partial charge in [-0.3, -0.25) is 4.99 Å². The highest BCUT2D eigenvalue weighted by Gasteiger charge is 2.39. The molecular weight excluding hydrogens is 364 g/mol. The van der Waals surface area contributed by atoms with Crippen molar-refractivity contribution in [1.82, 2.24) is 10.6 Å². The van der Waals surface area contributed by atoms with Crippen LogP contribution in [0.4, 0.5) is 5.69 Å². The molecule has 0 aromatic heterocycles. The summed E-state index contributed by atoms with van der Waals surface area (Å²) < 4.78 is 10.8. The molecule has 2 aromatic carbocycles. The van der Waals surface area contributed by atoms with Gasteiger partial charge in [0, 0.05) is 62.0 Å². The van der Waals surface area contributed by atoms with Crippen molar-refractivity contribution in [2.45, 2.75) is 30.8 Å². The third kappa shape index (κ3) is 4.58. The fraction of sp³-hybridized carbons (Fsp3) is 0.435. The molecule has 3 unspecified atom stereocenters. The summed E-state index contributed by atoms with van der Waals surface area (Å²) in [6, 6.07) is 17.5. The highest BCUT2D eigenvalue weighted by molar-refractivity contribution is 5.81. The molecule has 6 nitrogen and oxygen atoms in total. The Morgan fingerprint density at radius 1 is 1.03 bits per heavy atom. The van der Waals surface area contributed by atoms with Crippen LogP contribution in [-0.4, -0.2) is 52.4 Å². The minimum Gasteiger partial charge on any atom is -0.497 e. The van der Waals surface area contributed by atoms with E-state index in [4.69, 9.17) is 9.47 Å². The highest BCUT2D eigenvalue weighted by atomic mass is 16.5. The van der Waals surface area contributed by atoms with Crippen molar-refractivity contribution in [3.63, 3.8) is 0 Å². The van der Waals surface area contributed by atoms with Crippen LogP contribution in [-0.2, 0) is 0 Å². The van der Waals surface area contributed by atoms with Gasteiger partial charge in [0.2, 0.25) is 0 Å². The number of anilines is 1. The van der Waals surface area contributed by atoms with Crippen LogP contribution in [0.3, 0.4) is 0 Å². The van der Waals surface area contributed by atoms with Crippen molar-refractivity contribution < 1.29 is 9.47 Å². The molecule has 3 atom stereocenters. The van der Waals surface area contributed by atoms with E-state index >= 15 is 0 Å². The molecule has 0 spiro atoms. The second-order valence-corrected chi connectivity index (χ2v) is 7.72. The molecule has 29 heavy (non-hydrogen) atoms. The number of rotatable bonds is 6. The van der Waals surface area contributed by atoms with E-state index in [0.29, 0.717) is 18.0 Å². The van der Waals surface area contributed by atoms with Crippen LogP contribution in [0.25, 0.3) is 0 Å². The van der Waals surface area contributed by atoms with E-state index in [2.05, 4.69) is 63.0 Å². The van der Waals surface area contributed by atoms with Gasteiger partial charge < -0.3 is 25.0 Å². The molecule has 1 aliphatic heterocycles. The molecule has 0 amide bonds. The molecule has 1 saturated carbocycles. The van der Waals surface area contributed by atoms with Gasteiger partial charge in [-0.15, -0.1) is 0 Å². The monoisotopic (exact) mass is 394 g/mol. The second kappa shape index (κ2) is 8.64. The molecule has 2 aromatic rings. The van der Waals surface area contributed by atoms with Crippen molar-refractivity contribution in [3.05, 3.63) is 54.1 Å². The summed E-state index contributed by atoms with van der Waals surface area (Å²) in [7, 11) is 5.21. The van der Waals surface area contributed by atoms with Crippen molar-refractivity contribution >= 4 is 11.6 Å². The van der Waals surface area contributed by atoms with Crippen molar-refractivity contribution in [1.29, 1.82) is 0 Å². The van der Waals surface area contributed by atoms with Gasteiger partial charge in [0.1, 0.15) is 11.5 Å². The average Bonchev–Trinajstić information content (AvgIpc) is 3.39. The number of benzene rings is 2. The van der Waals surface area contributed by atoms with Gasteiger partial charge in [0.15, 0.2) is 5.96 Å². The third-order valence-electron chi connectivity index (χ3n) is 5.79. The van der Waals surface area contributed by atoms with Crippen LogP contribution >= 0.6 is 0 Å². The van der Waals surface area contributed by atoms with E-state index in [-0.39, 0.29) is 0 Å². The number of nitrogens with zero attached hydrogens (tertiary/aromatic N) is 2. The summed E-state index contributed by atoms with van der Waals surface area (Å²) >= 11 is 0. The predicted octanol–water partition coefficient (Wildman–Crippen LogP) is 3.00. The van der Waals surface area contributed by atoms with E-state index in [1.165, 1.54) is 5.56 Å². The average molecular weight is 395 g/mol. The van der Waals surface area contributed by atoms with Gasteiger partial charge in [-0.1, -0.05) is 30.3 Å². The zero-order chi connectivity index (χ0) is 20.2. The third-order valence-corrected chi connectivity index (χ3v) is 5.79. The Hall–Kier alpha value is -2.89. The normalized spacial score (nSPS) is 23.6. The zero-order valence-corrected chi connectivity index (χ0v) is 17.4. The lowest BCUT2D eigenvalue weighted by atomic mass is 10.1. The highest BCUT2D eigenvalue weighted by Crippen LogP contribution is 2.40. The van der Waals surface area contributed by atoms with Gasteiger partial charge >= 0.3 is 0 Å². The Labute approximate surface area is 172 Å². The Morgan fingerprint density at radius 2 is 1.76 bits per heavy atom. The molecular formula is C23H30N4O2. The lowest BCUT2D eigenvalue weighted by Crippen LogP contribution is -2.45.